The van der Waals surface area contributed by atoms with Gasteiger partial charge in [0, 0.05) is 41.1 Å². The lowest BCUT2D eigenvalue weighted by Crippen LogP contribution is -2.61. The van der Waals surface area contributed by atoms with Crippen LogP contribution in [0.3, 0.4) is 0 Å². The molecule has 0 spiro atoms. The van der Waals surface area contributed by atoms with E-state index in [9.17, 15) is 32.3 Å². The van der Waals surface area contributed by atoms with E-state index in [-0.39, 0.29) is 23.4 Å². The number of primary amides is 1. The zero-order chi connectivity index (χ0) is 33.6. The van der Waals surface area contributed by atoms with Gasteiger partial charge < -0.3 is 25.8 Å². The minimum Gasteiger partial charge on any atom is -0.496 e. The highest BCUT2D eigenvalue weighted by Crippen LogP contribution is 2.50. The van der Waals surface area contributed by atoms with E-state index >= 15 is 0 Å². The van der Waals surface area contributed by atoms with E-state index in [0.717, 1.165) is 12.1 Å². The number of alkyl halides is 3. The third-order valence-corrected chi connectivity index (χ3v) is 8.30. The maximum Gasteiger partial charge on any atom is 0.419 e. The summed E-state index contributed by atoms with van der Waals surface area (Å²) in [7, 11) is 2.79. The third-order valence-electron chi connectivity index (χ3n) is 8.30. The van der Waals surface area contributed by atoms with Gasteiger partial charge in [-0.15, -0.1) is 0 Å². The van der Waals surface area contributed by atoms with Gasteiger partial charge in [0.1, 0.15) is 11.6 Å². The number of carbonyl (C=O) groups is 2. The van der Waals surface area contributed by atoms with Crippen molar-refractivity contribution in [3.8, 4) is 11.4 Å². The molecule has 242 valence electrons. The number of nitrogens with one attached hydrogen (secondary N) is 1. The summed E-state index contributed by atoms with van der Waals surface area (Å²) in [6, 6.07) is 11.9. The van der Waals surface area contributed by atoms with E-state index in [2.05, 4.69) is 10.4 Å². The Hall–Kier alpha value is -4.91. The molecule has 9 nitrogen and oxygen atoms in total. The molecule has 5 rings (SSSR count). The predicted octanol–water partition coefficient (Wildman–Crippen LogP) is 5.03. The second-order valence-electron chi connectivity index (χ2n) is 11.8. The van der Waals surface area contributed by atoms with Crippen molar-refractivity contribution < 1.29 is 37.0 Å². The van der Waals surface area contributed by atoms with Crippen LogP contribution in [-0.4, -0.2) is 70.1 Å². The number of hydrogen-bond donors (Lipinski definition) is 3. The molecule has 2 amide bonds. The average molecular weight is 640 g/mol. The predicted molar refractivity (Wildman–Crippen MR) is 164 cm³/mol. The highest BCUT2D eigenvalue weighted by molar-refractivity contribution is 5.97. The normalized spacial score (nSPS) is 21.3. The second-order valence-corrected chi connectivity index (χ2v) is 11.8. The largest absolute Gasteiger partial charge is 0.496 e. The molecule has 0 saturated carbocycles. The molecule has 0 radical (unpaired) electrons. The van der Waals surface area contributed by atoms with Crippen LogP contribution in [0, 0.1) is 12.7 Å². The number of amides is 2. The molecule has 1 aliphatic rings. The number of aliphatic hydroxyl groups is 1. The first-order valence-electron chi connectivity index (χ1n) is 14.3. The van der Waals surface area contributed by atoms with Gasteiger partial charge in [-0.05, 0) is 61.0 Å². The van der Waals surface area contributed by atoms with Crippen molar-refractivity contribution in [2.75, 3.05) is 26.0 Å². The number of anilines is 1. The smallest absolute Gasteiger partial charge is 0.419 e. The van der Waals surface area contributed by atoms with E-state index in [4.69, 9.17) is 10.5 Å². The van der Waals surface area contributed by atoms with Gasteiger partial charge in [0.2, 0.25) is 5.91 Å². The number of likely N-dealkylation sites (N-methyl/N-ethyl adjacent to an activating group) is 1. The van der Waals surface area contributed by atoms with Gasteiger partial charge in [-0.2, -0.15) is 18.3 Å². The van der Waals surface area contributed by atoms with Crippen molar-refractivity contribution in [3.05, 3.63) is 95.5 Å². The number of allylic oxidation sites excluding steroid dienone is 1. The maximum atomic E-state index is 14.7. The van der Waals surface area contributed by atoms with Gasteiger partial charge in [0.05, 0.1) is 37.1 Å². The van der Waals surface area contributed by atoms with Gasteiger partial charge in [-0.3, -0.25) is 9.59 Å². The van der Waals surface area contributed by atoms with Crippen LogP contribution in [0.4, 0.5) is 23.2 Å². The van der Waals surface area contributed by atoms with E-state index in [1.807, 2.05) is 0 Å². The SMILES string of the molecule is COc1ccc(F)cc1C1(C)C=CC(Nc2cc(C)cc3c2cnn3-c2cccc(C(=O)N(C)CC(N)=O)c2)C(O)(C(F)(F)F)C1. The third kappa shape index (κ3) is 5.89. The summed E-state index contributed by atoms with van der Waals surface area (Å²) >= 11 is 0. The number of aromatic nitrogens is 2. The molecule has 3 atom stereocenters. The Balaban J connectivity index is 1.54. The Kier molecular flexibility index (Phi) is 8.32. The molecule has 46 heavy (non-hydrogen) atoms. The number of fused-ring (bicyclic) bond motifs is 1. The van der Waals surface area contributed by atoms with E-state index < -0.39 is 47.3 Å². The molecule has 0 bridgehead atoms. The summed E-state index contributed by atoms with van der Waals surface area (Å²) in [6.07, 6.45) is -1.63. The van der Waals surface area contributed by atoms with Crippen molar-refractivity contribution in [2.24, 2.45) is 5.73 Å². The first-order valence-corrected chi connectivity index (χ1v) is 14.3. The Bertz CT molecular complexity index is 1860. The van der Waals surface area contributed by atoms with Crippen LogP contribution in [0.5, 0.6) is 5.75 Å². The van der Waals surface area contributed by atoms with Gasteiger partial charge >= 0.3 is 6.18 Å². The van der Waals surface area contributed by atoms with Crippen molar-refractivity contribution >= 4 is 28.4 Å². The maximum absolute atomic E-state index is 14.7. The van der Waals surface area contributed by atoms with Crippen molar-refractivity contribution in [1.29, 1.82) is 0 Å². The van der Waals surface area contributed by atoms with Crippen LogP contribution in [0.1, 0.15) is 34.8 Å². The first kappa shape index (κ1) is 32.5. The lowest BCUT2D eigenvalue weighted by atomic mass is 9.66. The molecule has 3 aromatic carbocycles. The number of benzene rings is 3. The Morgan fingerprint density at radius 2 is 1.93 bits per heavy atom. The number of halogens is 4. The summed E-state index contributed by atoms with van der Waals surface area (Å²) in [6.45, 7) is 2.99. The van der Waals surface area contributed by atoms with Crippen LogP contribution in [0.2, 0.25) is 0 Å². The van der Waals surface area contributed by atoms with E-state index in [1.165, 1.54) is 50.4 Å². The molecule has 3 unspecified atom stereocenters. The standard InChI is InChI=1S/C33H33F4N5O4/c1-19-12-25(23-16-39-42(26(23)13-19)22-7-5-6-20(14-22)30(44)41(3)17-29(38)43)40-28-10-11-31(2,18-32(28,45)33(35,36)37)24-15-21(34)8-9-27(24)46-4/h5-16,28,40,45H,17-18H2,1-4H3,(H2,38,43). The fourth-order valence-electron chi connectivity index (χ4n) is 6.01. The quantitative estimate of drug-likeness (QED) is 0.184. The highest BCUT2D eigenvalue weighted by Gasteiger charge is 2.62. The van der Waals surface area contributed by atoms with Gasteiger partial charge in [-0.25, -0.2) is 9.07 Å². The van der Waals surface area contributed by atoms with Gasteiger partial charge in [0.15, 0.2) is 5.60 Å². The van der Waals surface area contributed by atoms with Crippen LogP contribution in [0.15, 0.2) is 72.9 Å². The summed E-state index contributed by atoms with van der Waals surface area (Å²) < 4.78 is 65.3. The van der Waals surface area contributed by atoms with E-state index in [0.29, 0.717) is 27.8 Å². The number of methoxy groups -OCH3 is 1. The fourth-order valence-corrected chi connectivity index (χ4v) is 6.01. The summed E-state index contributed by atoms with van der Waals surface area (Å²) in [5, 5.41) is 19.2. The lowest BCUT2D eigenvalue weighted by Gasteiger charge is -2.46. The number of rotatable bonds is 8. The summed E-state index contributed by atoms with van der Waals surface area (Å²) in [4.78, 5) is 25.3. The van der Waals surface area contributed by atoms with E-state index in [1.54, 1.807) is 48.0 Å². The monoisotopic (exact) mass is 639 g/mol. The number of carbonyl (C=O) groups excluding carboxylic acids is 2. The van der Waals surface area contributed by atoms with Gasteiger partial charge in [0.25, 0.3) is 5.91 Å². The lowest BCUT2D eigenvalue weighted by molar-refractivity contribution is -0.269. The summed E-state index contributed by atoms with van der Waals surface area (Å²) in [5.41, 5.74) is 2.99. The molecule has 4 N–H and O–H groups in total. The van der Waals surface area contributed by atoms with Crippen LogP contribution in [0.25, 0.3) is 16.6 Å². The second kappa shape index (κ2) is 11.8. The van der Waals surface area contributed by atoms with Gasteiger partial charge in [-0.1, -0.05) is 25.1 Å². The number of nitrogens with zero attached hydrogens (tertiary/aromatic N) is 3. The van der Waals surface area contributed by atoms with Crippen LogP contribution < -0.4 is 15.8 Å². The molecule has 1 heterocycles. The van der Waals surface area contributed by atoms with Crippen LogP contribution >= 0.6 is 0 Å². The molecule has 1 aromatic heterocycles. The molecule has 0 saturated heterocycles. The molecular weight excluding hydrogens is 606 g/mol. The number of hydrogen-bond acceptors (Lipinski definition) is 6. The average Bonchev–Trinajstić information content (AvgIpc) is 3.41. The van der Waals surface area contributed by atoms with Crippen molar-refractivity contribution in [2.45, 2.75) is 43.5 Å². The summed E-state index contributed by atoms with van der Waals surface area (Å²) in [5.74, 6) is -1.55. The van der Waals surface area contributed by atoms with Crippen molar-refractivity contribution in [3.63, 3.8) is 0 Å². The molecule has 4 aromatic rings. The Morgan fingerprint density at radius 3 is 2.61 bits per heavy atom. The Morgan fingerprint density at radius 1 is 1.20 bits per heavy atom. The zero-order valence-corrected chi connectivity index (χ0v) is 25.5. The minimum atomic E-state index is -5.07. The minimum absolute atomic E-state index is 0.174. The molecule has 0 aliphatic heterocycles. The molecular formula is C33H33F4N5O4. The number of ether oxygens (including phenoxy) is 1. The molecule has 1 aliphatic carbocycles. The molecule has 13 heteroatoms. The van der Waals surface area contributed by atoms with Crippen LogP contribution in [-0.2, 0) is 10.2 Å². The number of aryl methyl sites for hydroxylation is 1. The topological polar surface area (TPSA) is 123 Å². The first-order chi connectivity index (χ1) is 21.6. The Labute approximate surface area is 262 Å². The fraction of sp³-hybridized carbons (Fsp3) is 0.303. The molecule has 0 fully saturated rings. The number of nitrogens with two attached hydrogens (primary N) is 1. The zero-order valence-electron chi connectivity index (χ0n) is 25.5. The highest BCUT2D eigenvalue weighted by atomic mass is 19.4. The van der Waals surface area contributed by atoms with Crippen molar-refractivity contribution in [1.82, 2.24) is 14.7 Å².